The lowest BCUT2D eigenvalue weighted by Crippen LogP contribution is -2.42. The molecule has 1 rings (SSSR count). The van der Waals surface area contributed by atoms with E-state index in [2.05, 4.69) is 37.2 Å². The summed E-state index contributed by atoms with van der Waals surface area (Å²) in [6.07, 6.45) is 6.12. The van der Waals surface area contributed by atoms with Gasteiger partial charge in [-0.1, -0.05) is 13.3 Å². The van der Waals surface area contributed by atoms with E-state index in [1.54, 1.807) is 0 Å². The topological polar surface area (TPSA) is 15.3 Å². The first-order valence-electron chi connectivity index (χ1n) is 6.58. The Morgan fingerprint density at radius 1 is 1.44 bits per heavy atom. The van der Waals surface area contributed by atoms with E-state index in [1.165, 1.54) is 45.4 Å². The number of hydrogen-bond acceptors (Lipinski definition) is 3. The van der Waals surface area contributed by atoms with Crippen molar-refractivity contribution in [2.24, 2.45) is 0 Å². The Morgan fingerprint density at radius 2 is 2.19 bits per heavy atom. The summed E-state index contributed by atoms with van der Waals surface area (Å²) >= 11 is 1.98. The molecule has 0 aromatic rings. The van der Waals surface area contributed by atoms with Crippen molar-refractivity contribution in [2.75, 3.05) is 32.4 Å². The molecule has 0 aromatic carbocycles. The van der Waals surface area contributed by atoms with Crippen LogP contribution in [0.3, 0.4) is 0 Å². The van der Waals surface area contributed by atoms with Gasteiger partial charge in [0, 0.05) is 23.9 Å². The molecule has 1 heterocycles. The van der Waals surface area contributed by atoms with E-state index in [0.29, 0.717) is 10.8 Å². The zero-order valence-corrected chi connectivity index (χ0v) is 12.2. The van der Waals surface area contributed by atoms with Gasteiger partial charge in [0.2, 0.25) is 0 Å². The molecule has 2 nitrogen and oxygen atoms in total. The van der Waals surface area contributed by atoms with Crippen LogP contribution in [-0.2, 0) is 0 Å². The predicted octanol–water partition coefficient (Wildman–Crippen LogP) is 2.59. The highest BCUT2D eigenvalue weighted by Gasteiger charge is 2.23. The van der Waals surface area contributed by atoms with Gasteiger partial charge in [-0.3, -0.25) is 0 Å². The van der Waals surface area contributed by atoms with E-state index in [0.717, 1.165) is 0 Å². The monoisotopic (exact) mass is 244 g/mol. The quantitative estimate of drug-likeness (QED) is 0.800. The maximum absolute atomic E-state index is 3.67. The first-order chi connectivity index (χ1) is 7.57. The summed E-state index contributed by atoms with van der Waals surface area (Å²) in [5.41, 5.74) is 0. The highest BCUT2D eigenvalue weighted by atomic mass is 32.2. The van der Waals surface area contributed by atoms with E-state index < -0.39 is 0 Å². The van der Waals surface area contributed by atoms with Crippen molar-refractivity contribution in [1.29, 1.82) is 0 Å². The molecule has 0 spiro atoms. The van der Waals surface area contributed by atoms with Crippen molar-refractivity contribution < 1.29 is 0 Å². The van der Waals surface area contributed by atoms with Gasteiger partial charge in [0.1, 0.15) is 0 Å². The van der Waals surface area contributed by atoms with Crippen molar-refractivity contribution in [2.45, 2.75) is 50.8 Å². The van der Waals surface area contributed by atoms with Crippen molar-refractivity contribution in [1.82, 2.24) is 10.2 Å². The minimum Gasteiger partial charge on any atom is -0.313 e. The first kappa shape index (κ1) is 14.3. The number of rotatable bonds is 5. The summed E-state index contributed by atoms with van der Waals surface area (Å²) in [4.78, 5) is 2.65. The summed E-state index contributed by atoms with van der Waals surface area (Å²) < 4.78 is 0.390. The number of thioether (sulfide) groups is 1. The molecule has 0 amide bonds. The van der Waals surface area contributed by atoms with Crippen LogP contribution in [0.1, 0.15) is 40.0 Å². The Bertz CT molecular complexity index is 194. The van der Waals surface area contributed by atoms with Gasteiger partial charge in [-0.2, -0.15) is 11.8 Å². The predicted molar refractivity (Wildman–Crippen MR) is 75.3 cm³/mol. The molecule has 1 N–H and O–H groups in total. The Hall–Kier alpha value is 0.270. The first-order valence-corrected chi connectivity index (χ1v) is 7.81. The molecule has 1 aliphatic heterocycles. The van der Waals surface area contributed by atoms with Crippen molar-refractivity contribution >= 4 is 11.8 Å². The third kappa shape index (κ3) is 5.07. The maximum Gasteiger partial charge on any atom is 0.0227 e. The standard InChI is InChI=1S/C13H28N2S/c1-5-7-12-10-15(9-6-8-14-12)11-13(2,3)16-4/h12,14H,5-11H2,1-4H3. The molecule has 1 aliphatic rings. The lowest BCUT2D eigenvalue weighted by Gasteiger charge is -2.32. The van der Waals surface area contributed by atoms with Crippen LogP contribution in [-0.4, -0.2) is 48.1 Å². The van der Waals surface area contributed by atoms with Crippen LogP contribution in [0.5, 0.6) is 0 Å². The van der Waals surface area contributed by atoms with Gasteiger partial charge in [-0.05, 0) is 46.0 Å². The molecule has 0 saturated carbocycles. The minimum absolute atomic E-state index is 0.390. The average molecular weight is 244 g/mol. The van der Waals surface area contributed by atoms with Crippen LogP contribution in [0.25, 0.3) is 0 Å². The fourth-order valence-electron chi connectivity index (χ4n) is 2.36. The third-order valence-electron chi connectivity index (χ3n) is 3.36. The van der Waals surface area contributed by atoms with Crippen molar-refractivity contribution in [3.05, 3.63) is 0 Å². The highest BCUT2D eigenvalue weighted by Crippen LogP contribution is 2.23. The van der Waals surface area contributed by atoms with E-state index in [9.17, 15) is 0 Å². The third-order valence-corrected chi connectivity index (χ3v) is 4.59. The second-order valence-corrected chi connectivity index (χ2v) is 7.01. The zero-order chi connectivity index (χ0) is 12.0. The number of nitrogens with zero attached hydrogens (tertiary/aromatic N) is 1. The molecule has 0 aliphatic carbocycles. The molecule has 1 fully saturated rings. The van der Waals surface area contributed by atoms with Gasteiger partial charge >= 0.3 is 0 Å². The van der Waals surface area contributed by atoms with Crippen molar-refractivity contribution in [3.63, 3.8) is 0 Å². The lowest BCUT2D eigenvalue weighted by atomic mass is 10.1. The zero-order valence-electron chi connectivity index (χ0n) is 11.4. The molecule has 3 heteroatoms. The highest BCUT2D eigenvalue weighted by molar-refractivity contribution is 7.99. The van der Waals surface area contributed by atoms with Crippen LogP contribution in [0.15, 0.2) is 0 Å². The van der Waals surface area contributed by atoms with Crippen LogP contribution in [0.4, 0.5) is 0 Å². The summed E-state index contributed by atoms with van der Waals surface area (Å²) in [7, 11) is 0. The maximum atomic E-state index is 3.67. The van der Waals surface area contributed by atoms with E-state index in [4.69, 9.17) is 0 Å². The second-order valence-electron chi connectivity index (χ2n) is 5.49. The molecule has 16 heavy (non-hydrogen) atoms. The minimum atomic E-state index is 0.390. The normalized spacial score (nSPS) is 24.4. The van der Waals surface area contributed by atoms with Crippen molar-refractivity contribution in [3.8, 4) is 0 Å². The van der Waals surface area contributed by atoms with E-state index in [-0.39, 0.29) is 0 Å². The summed E-state index contributed by atoms with van der Waals surface area (Å²) in [6, 6.07) is 0.713. The number of nitrogens with one attached hydrogen (secondary N) is 1. The van der Waals surface area contributed by atoms with Crippen LogP contribution in [0, 0.1) is 0 Å². The molecule has 0 aromatic heterocycles. The van der Waals surface area contributed by atoms with Gasteiger partial charge in [0.15, 0.2) is 0 Å². The van der Waals surface area contributed by atoms with Crippen LogP contribution >= 0.6 is 11.8 Å². The number of hydrogen-bond donors (Lipinski definition) is 1. The Balaban J connectivity index is 2.45. The van der Waals surface area contributed by atoms with E-state index >= 15 is 0 Å². The van der Waals surface area contributed by atoms with Crippen LogP contribution in [0.2, 0.25) is 0 Å². The molecule has 0 bridgehead atoms. The summed E-state index contributed by atoms with van der Waals surface area (Å²) in [5.74, 6) is 0. The second kappa shape index (κ2) is 6.87. The Labute approximate surface area is 106 Å². The fourth-order valence-corrected chi connectivity index (χ4v) is 2.68. The van der Waals surface area contributed by atoms with Gasteiger partial charge in [-0.15, -0.1) is 0 Å². The van der Waals surface area contributed by atoms with Gasteiger partial charge in [0.05, 0.1) is 0 Å². The van der Waals surface area contributed by atoms with Gasteiger partial charge in [0.25, 0.3) is 0 Å². The largest absolute Gasteiger partial charge is 0.313 e. The van der Waals surface area contributed by atoms with Gasteiger partial charge in [-0.25, -0.2) is 0 Å². The molecule has 96 valence electrons. The van der Waals surface area contributed by atoms with E-state index in [1.807, 2.05) is 11.8 Å². The smallest absolute Gasteiger partial charge is 0.0227 e. The molecule has 0 radical (unpaired) electrons. The molecule has 1 saturated heterocycles. The fraction of sp³-hybridized carbons (Fsp3) is 1.00. The molecular formula is C13H28N2S. The molecule has 1 unspecified atom stereocenters. The molecule has 1 atom stereocenters. The Kier molecular flexibility index (Phi) is 6.16. The SMILES string of the molecule is CCCC1CN(CC(C)(C)SC)CCCN1. The van der Waals surface area contributed by atoms with Gasteiger partial charge < -0.3 is 10.2 Å². The van der Waals surface area contributed by atoms with Crippen LogP contribution < -0.4 is 5.32 Å². The Morgan fingerprint density at radius 3 is 2.81 bits per heavy atom. The molecular weight excluding hydrogens is 216 g/mol. The summed E-state index contributed by atoms with van der Waals surface area (Å²) in [6.45, 7) is 11.9. The lowest BCUT2D eigenvalue weighted by molar-refractivity contribution is 0.246. The average Bonchev–Trinajstić information content (AvgIpc) is 2.44. The summed E-state index contributed by atoms with van der Waals surface area (Å²) in [5, 5.41) is 3.67.